The molecule has 3 heterocycles. The highest BCUT2D eigenvalue weighted by molar-refractivity contribution is 7.86. The van der Waals surface area contributed by atoms with E-state index in [1.807, 2.05) is 18.2 Å². The summed E-state index contributed by atoms with van der Waals surface area (Å²) in [5.41, 5.74) is 0.363. The fourth-order valence-electron chi connectivity index (χ4n) is 3.28. The van der Waals surface area contributed by atoms with Crippen molar-refractivity contribution < 1.29 is 17.9 Å². The first kappa shape index (κ1) is 18.2. The third kappa shape index (κ3) is 3.84. The summed E-state index contributed by atoms with van der Waals surface area (Å²) in [6.45, 7) is 1.74. The number of hydrogen-bond acceptors (Lipinski definition) is 5. The van der Waals surface area contributed by atoms with Gasteiger partial charge in [0, 0.05) is 33.4 Å². The highest BCUT2D eigenvalue weighted by Gasteiger charge is 2.44. The highest BCUT2D eigenvalue weighted by Crippen LogP contribution is 2.32. The molecule has 0 radical (unpaired) electrons. The van der Waals surface area contributed by atoms with E-state index in [4.69, 9.17) is 4.74 Å². The summed E-state index contributed by atoms with van der Waals surface area (Å²) in [5.74, 6) is -0.0559. The number of pyridine rings is 1. The lowest BCUT2D eigenvalue weighted by atomic mass is 9.90. The lowest BCUT2D eigenvalue weighted by Gasteiger charge is -2.46. The van der Waals surface area contributed by atoms with E-state index in [2.05, 4.69) is 4.98 Å². The van der Waals surface area contributed by atoms with Crippen LogP contribution >= 0.6 is 0 Å². The molecule has 0 saturated carbocycles. The van der Waals surface area contributed by atoms with Gasteiger partial charge in [-0.2, -0.15) is 17.0 Å². The molecule has 1 spiro atoms. The number of nitrogens with zero attached hydrogens (tertiary/aromatic N) is 4. The lowest BCUT2D eigenvalue weighted by molar-refractivity contribution is -0.171. The van der Waals surface area contributed by atoms with Crippen molar-refractivity contribution in [3.8, 4) is 0 Å². The fraction of sp³-hybridized carbons (Fsp3) is 0.625. The van der Waals surface area contributed by atoms with Crippen molar-refractivity contribution in [3.63, 3.8) is 0 Å². The van der Waals surface area contributed by atoms with Crippen molar-refractivity contribution in [2.45, 2.75) is 25.0 Å². The summed E-state index contributed by atoms with van der Waals surface area (Å²) in [5, 5.41) is 0. The molecular formula is C16H24N4O4S. The maximum atomic E-state index is 12.3. The van der Waals surface area contributed by atoms with E-state index in [1.165, 1.54) is 22.7 Å². The van der Waals surface area contributed by atoms with Crippen molar-refractivity contribution in [3.05, 3.63) is 30.1 Å². The molecule has 0 unspecified atom stereocenters. The highest BCUT2D eigenvalue weighted by atomic mass is 32.2. The van der Waals surface area contributed by atoms with Gasteiger partial charge in [-0.1, -0.05) is 6.07 Å². The first-order valence-corrected chi connectivity index (χ1v) is 9.71. The number of aromatic nitrogens is 1. The van der Waals surface area contributed by atoms with Crippen LogP contribution in [0.15, 0.2) is 24.4 Å². The normalized spacial score (nSPS) is 21.9. The fourth-order valence-corrected chi connectivity index (χ4v) is 4.38. The molecule has 2 saturated heterocycles. The van der Waals surface area contributed by atoms with Crippen LogP contribution in [0, 0.1) is 0 Å². The number of carbonyl (C=O) groups excluding carboxylic acids is 1. The van der Waals surface area contributed by atoms with Crippen LogP contribution < -0.4 is 0 Å². The van der Waals surface area contributed by atoms with Crippen LogP contribution in [0.2, 0.25) is 0 Å². The number of carbonyl (C=O) groups is 1. The van der Waals surface area contributed by atoms with Crippen molar-refractivity contribution in [1.29, 1.82) is 0 Å². The Labute approximate surface area is 148 Å². The van der Waals surface area contributed by atoms with Crippen molar-refractivity contribution in [2.24, 2.45) is 0 Å². The molecule has 0 atom stereocenters. The van der Waals surface area contributed by atoms with Crippen molar-refractivity contribution >= 4 is 16.1 Å². The number of rotatable bonds is 4. The van der Waals surface area contributed by atoms with Gasteiger partial charge in [-0.25, -0.2) is 0 Å². The molecule has 0 N–H and O–H groups in total. The Morgan fingerprint density at radius 1 is 1.28 bits per heavy atom. The quantitative estimate of drug-likeness (QED) is 0.752. The molecule has 1 aromatic heterocycles. The summed E-state index contributed by atoms with van der Waals surface area (Å²) in [6, 6.07) is 5.63. The minimum absolute atomic E-state index is 0.0350. The third-order valence-corrected chi connectivity index (χ3v) is 6.77. The monoisotopic (exact) mass is 368 g/mol. The summed E-state index contributed by atoms with van der Waals surface area (Å²) in [6.07, 6.45) is 2.86. The standard InChI is InChI=1S/C16H24N4O4S/c1-18(2)25(22,23)20-9-6-16(7-10-20)13-19(15(21)12-24-16)11-14-5-3-4-8-17-14/h3-5,8H,6-7,9-13H2,1-2H3. The molecule has 0 aliphatic carbocycles. The molecule has 2 fully saturated rings. The molecule has 0 bridgehead atoms. The van der Waals surface area contributed by atoms with Crippen LogP contribution in [-0.2, 0) is 26.3 Å². The zero-order chi connectivity index (χ0) is 18.1. The first-order chi connectivity index (χ1) is 11.8. The Balaban J connectivity index is 1.66. The van der Waals surface area contributed by atoms with Gasteiger partial charge in [0.15, 0.2) is 0 Å². The van der Waals surface area contributed by atoms with Crippen LogP contribution in [0.1, 0.15) is 18.5 Å². The molecule has 2 aliphatic heterocycles. The van der Waals surface area contributed by atoms with E-state index in [9.17, 15) is 13.2 Å². The zero-order valence-electron chi connectivity index (χ0n) is 14.6. The van der Waals surface area contributed by atoms with Gasteiger partial charge in [0.05, 0.1) is 24.4 Å². The largest absolute Gasteiger partial charge is 0.363 e. The molecule has 8 nitrogen and oxygen atoms in total. The maximum Gasteiger partial charge on any atom is 0.281 e. The van der Waals surface area contributed by atoms with Gasteiger partial charge in [0.2, 0.25) is 5.91 Å². The van der Waals surface area contributed by atoms with Crippen molar-refractivity contribution in [2.75, 3.05) is 40.3 Å². The second-order valence-electron chi connectivity index (χ2n) is 6.73. The minimum atomic E-state index is -3.41. The van der Waals surface area contributed by atoms with Crippen LogP contribution in [0.4, 0.5) is 0 Å². The smallest absolute Gasteiger partial charge is 0.281 e. The molecule has 2 aliphatic rings. The Morgan fingerprint density at radius 2 is 2.00 bits per heavy atom. The summed E-state index contributed by atoms with van der Waals surface area (Å²) < 4.78 is 33.1. The van der Waals surface area contributed by atoms with Gasteiger partial charge < -0.3 is 9.64 Å². The Hall–Kier alpha value is -1.55. The molecule has 138 valence electrons. The molecule has 0 aromatic carbocycles. The average Bonchev–Trinajstić information content (AvgIpc) is 2.60. The Kier molecular flexibility index (Phi) is 5.10. The van der Waals surface area contributed by atoms with Gasteiger partial charge >= 0.3 is 0 Å². The van der Waals surface area contributed by atoms with E-state index in [-0.39, 0.29) is 12.5 Å². The predicted octanol–water partition coefficient (Wildman–Crippen LogP) is 0.0814. The van der Waals surface area contributed by atoms with Crippen molar-refractivity contribution in [1.82, 2.24) is 18.5 Å². The third-order valence-electron chi connectivity index (χ3n) is 4.83. The average molecular weight is 368 g/mol. The molecule has 9 heteroatoms. The summed E-state index contributed by atoms with van der Waals surface area (Å²) >= 11 is 0. The zero-order valence-corrected chi connectivity index (χ0v) is 15.4. The van der Waals surface area contributed by atoms with Crippen LogP contribution in [0.3, 0.4) is 0 Å². The molecule has 1 aromatic rings. The SMILES string of the molecule is CN(C)S(=O)(=O)N1CCC2(CC1)CN(Cc1ccccn1)C(=O)CO2. The van der Waals surface area contributed by atoms with Crippen LogP contribution in [0.5, 0.6) is 0 Å². The van der Waals surface area contributed by atoms with E-state index in [0.717, 1.165) is 5.69 Å². The Morgan fingerprint density at radius 3 is 2.60 bits per heavy atom. The Bertz CT molecular complexity index is 715. The van der Waals surface area contributed by atoms with Gasteiger partial charge in [-0.3, -0.25) is 9.78 Å². The molecular weight excluding hydrogens is 344 g/mol. The second-order valence-corrected chi connectivity index (χ2v) is 8.87. The topological polar surface area (TPSA) is 83.1 Å². The van der Waals surface area contributed by atoms with E-state index < -0.39 is 15.8 Å². The molecule has 3 rings (SSSR count). The maximum absolute atomic E-state index is 12.3. The van der Waals surface area contributed by atoms with E-state index in [1.54, 1.807) is 11.1 Å². The predicted molar refractivity (Wildman–Crippen MR) is 91.8 cm³/mol. The van der Waals surface area contributed by atoms with Gasteiger partial charge in [-0.15, -0.1) is 0 Å². The van der Waals surface area contributed by atoms with Crippen LogP contribution in [0.25, 0.3) is 0 Å². The van der Waals surface area contributed by atoms with Gasteiger partial charge in [-0.05, 0) is 25.0 Å². The number of amides is 1. The first-order valence-electron chi connectivity index (χ1n) is 8.32. The summed E-state index contributed by atoms with van der Waals surface area (Å²) in [4.78, 5) is 18.2. The molecule has 1 amide bonds. The van der Waals surface area contributed by atoms with Gasteiger partial charge in [0.1, 0.15) is 6.61 Å². The van der Waals surface area contributed by atoms with Gasteiger partial charge in [0.25, 0.3) is 10.2 Å². The van der Waals surface area contributed by atoms with E-state index >= 15 is 0 Å². The second kappa shape index (κ2) is 6.99. The number of ether oxygens (including phenoxy) is 1. The molecule has 25 heavy (non-hydrogen) atoms. The van der Waals surface area contributed by atoms with E-state index in [0.29, 0.717) is 39.0 Å². The minimum Gasteiger partial charge on any atom is -0.363 e. The number of morpholine rings is 1. The number of piperidine rings is 1. The number of hydrogen-bond donors (Lipinski definition) is 0. The summed E-state index contributed by atoms with van der Waals surface area (Å²) in [7, 11) is -0.344. The van der Waals surface area contributed by atoms with Crippen LogP contribution in [-0.4, -0.2) is 78.8 Å². The lowest BCUT2D eigenvalue weighted by Crippen LogP contribution is -2.59.